The summed E-state index contributed by atoms with van der Waals surface area (Å²) < 4.78 is 0. The Morgan fingerprint density at radius 3 is 2.53 bits per heavy atom. The fourth-order valence-corrected chi connectivity index (χ4v) is 4.38. The van der Waals surface area contributed by atoms with Crippen molar-refractivity contribution in [2.45, 2.75) is 31.6 Å². The molecule has 7 heteroatoms. The summed E-state index contributed by atoms with van der Waals surface area (Å²) in [6, 6.07) is 18.0. The highest BCUT2D eigenvalue weighted by Crippen LogP contribution is 2.25. The molecule has 32 heavy (non-hydrogen) atoms. The zero-order valence-corrected chi connectivity index (χ0v) is 18.9. The zero-order chi connectivity index (χ0) is 21.6. The maximum absolute atomic E-state index is 12.9. The Morgan fingerprint density at radius 1 is 1.06 bits per heavy atom. The molecule has 1 atom stereocenters. The van der Waals surface area contributed by atoms with E-state index in [9.17, 15) is 14.9 Å². The van der Waals surface area contributed by atoms with Crippen LogP contribution in [-0.2, 0) is 11.2 Å². The molecule has 2 aromatic carbocycles. The second kappa shape index (κ2) is 11.1. The summed E-state index contributed by atoms with van der Waals surface area (Å²) >= 11 is 0. The summed E-state index contributed by atoms with van der Waals surface area (Å²) in [7, 11) is 0. The van der Waals surface area contributed by atoms with E-state index >= 15 is 0 Å². The van der Waals surface area contributed by atoms with Crippen LogP contribution < -0.4 is 5.32 Å². The number of halogens is 1. The van der Waals surface area contributed by atoms with Crippen LogP contribution in [0.4, 0.5) is 5.69 Å². The summed E-state index contributed by atoms with van der Waals surface area (Å²) in [4.78, 5) is 28.8. The van der Waals surface area contributed by atoms with Crippen LogP contribution in [0.5, 0.6) is 0 Å². The zero-order valence-electron chi connectivity index (χ0n) is 18.1. The van der Waals surface area contributed by atoms with Gasteiger partial charge in [-0.05, 0) is 55.1 Å². The molecule has 2 aromatic rings. The maximum Gasteiger partial charge on any atom is 0.253 e. The molecule has 0 bridgehead atoms. The number of piperazine rings is 1. The molecule has 1 N–H and O–H groups in total. The molecular formula is C25H29ClN4O2. The number of carbonyl (C=O) groups excluding carboxylic acids is 2. The maximum atomic E-state index is 12.9. The number of anilines is 1. The van der Waals surface area contributed by atoms with E-state index in [-0.39, 0.29) is 30.1 Å². The average molecular weight is 453 g/mol. The van der Waals surface area contributed by atoms with E-state index in [2.05, 4.69) is 16.3 Å². The number of fused-ring (bicyclic) bond motifs is 1. The van der Waals surface area contributed by atoms with Crippen molar-refractivity contribution in [3.8, 4) is 6.07 Å². The molecule has 1 saturated heterocycles. The second-order valence-electron chi connectivity index (χ2n) is 8.29. The molecule has 0 saturated carbocycles. The summed E-state index contributed by atoms with van der Waals surface area (Å²) in [6.45, 7) is 4.09. The number of amides is 2. The molecule has 2 aliphatic rings. The minimum atomic E-state index is -0.0575. The lowest BCUT2D eigenvalue weighted by molar-refractivity contribution is -0.116. The SMILES string of the molecule is Cl.N#CC(CCCN1CCN(C(=O)c2ccc3c(c2)CCC(=O)N3)CC1)c1ccccc1. The number of aryl methyl sites for hydroxylation is 1. The van der Waals surface area contributed by atoms with Crippen molar-refractivity contribution < 1.29 is 9.59 Å². The third kappa shape index (κ3) is 5.67. The minimum Gasteiger partial charge on any atom is -0.336 e. The van der Waals surface area contributed by atoms with Crippen molar-refractivity contribution >= 4 is 29.9 Å². The second-order valence-corrected chi connectivity index (χ2v) is 8.29. The van der Waals surface area contributed by atoms with E-state index in [1.165, 1.54) is 0 Å². The van der Waals surface area contributed by atoms with Gasteiger partial charge in [-0.15, -0.1) is 12.4 Å². The summed E-state index contributed by atoms with van der Waals surface area (Å²) in [5.74, 6) is 0.0402. The Bertz CT molecular complexity index is 981. The monoisotopic (exact) mass is 452 g/mol. The summed E-state index contributed by atoms with van der Waals surface area (Å²) in [5.41, 5.74) is 3.64. The topological polar surface area (TPSA) is 76.4 Å². The molecule has 6 nitrogen and oxygen atoms in total. The van der Waals surface area contributed by atoms with Crippen LogP contribution in [0.1, 0.15) is 46.7 Å². The van der Waals surface area contributed by atoms with Crippen molar-refractivity contribution in [3.05, 3.63) is 65.2 Å². The lowest BCUT2D eigenvalue weighted by atomic mass is 9.95. The van der Waals surface area contributed by atoms with Crippen LogP contribution >= 0.6 is 12.4 Å². The van der Waals surface area contributed by atoms with E-state index in [1.807, 2.05) is 53.4 Å². The van der Waals surface area contributed by atoms with Gasteiger partial charge in [0.15, 0.2) is 0 Å². The number of hydrogen-bond acceptors (Lipinski definition) is 4. The van der Waals surface area contributed by atoms with Gasteiger partial charge in [0.2, 0.25) is 5.91 Å². The molecule has 0 aromatic heterocycles. The summed E-state index contributed by atoms with van der Waals surface area (Å²) in [6.07, 6.45) is 2.98. The van der Waals surface area contributed by atoms with Gasteiger partial charge in [-0.1, -0.05) is 30.3 Å². The Balaban J connectivity index is 0.00000289. The summed E-state index contributed by atoms with van der Waals surface area (Å²) in [5, 5.41) is 12.3. The highest BCUT2D eigenvalue weighted by molar-refractivity contribution is 5.98. The quantitative estimate of drug-likeness (QED) is 0.722. The first-order valence-electron chi connectivity index (χ1n) is 11.0. The molecule has 2 amide bonds. The van der Waals surface area contributed by atoms with Gasteiger partial charge in [-0.3, -0.25) is 14.5 Å². The number of carbonyl (C=O) groups is 2. The van der Waals surface area contributed by atoms with Crippen LogP contribution in [0.3, 0.4) is 0 Å². The standard InChI is InChI=1S/C25H28N4O2.ClH/c26-18-22(19-5-2-1-3-6-19)7-4-12-28-13-15-29(16-14-28)25(31)21-8-10-23-20(17-21)9-11-24(30)27-23;/h1-3,5-6,8,10,17,22H,4,7,9,11-16H2,(H,27,30);1H. The van der Waals surface area contributed by atoms with Gasteiger partial charge in [-0.2, -0.15) is 5.26 Å². The van der Waals surface area contributed by atoms with E-state index in [0.717, 1.165) is 49.3 Å². The lowest BCUT2D eigenvalue weighted by Crippen LogP contribution is -2.48. The molecule has 2 aliphatic heterocycles. The van der Waals surface area contributed by atoms with Crippen LogP contribution in [-0.4, -0.2) is 54.3 Å². The van der Waals surface area contributed by atoms with Gasteiger partial charge in [0.1, 0.15) is 0 Å². The molecule has 1 unspecified atom stereocenters. The smallest absolute Gasteiger partial charge is 0.253 e. The molecule has 1 fully saturated rings. The normalized spacial score (nSPS) is 16.8. The molecule has 168 valence electrons. The van der Waals surface area contributed by atoms with Crippen LogP contribution in [0.15, 0.2) is 48.5 Å². The number of rotatable bonds is 6. The van der Waals surface area contributed by atoms with Crippen molar-refractivity contribution in [2.24, 2.45) is 0 Å². The molecule has 2 heterocycles. The lowest BCUT2D eigenvalue weighted by Gasteiger charge is -2.35. The molecule has 0 spiro atoms. The van der Waals surface area contributed by atoms with Crippen molar-refractivity contribution in [3.63, 3.8) is 0 Å². The third-order valence-electron chi connectivity index (χ3n) is 6.23. The predicted octanol–water partition coefficient (Wildman–Crippen LogP) is 3.84. The fourth-order valence-electron chi connectivity index (χ4n) is 4.38. The van der Waals surface area contributed by atoms with Gasteiger partial charge in [-0.25, -0.2) is 0 Å². The minimum absolute atomic E-state index is 0. The Hall–Kier alpha value is -2.88. The van der Waals surface area contributed by atoms with Crippen molar-refractivity contribution in [1.29, 1.82) is 5.26 Å². The predicted molar refractivity (Wildman–Crippen MR) is 127 cm³/mol. The highest BCUT2D eigenvalue weighted by atomic mass is 35.5. The van der Waals surface area contributed by atoms with Crippen LogP contribution in [0.25, 0.3) is 0 Å². The number of nitrogens with one attached hydrogen (secondary N) is 1. The molecule has 4 rings (SSSR count). The first-order chi connectivity index (χ1) is 15.1. The van der Waals surface area contributed by atoms with E-state index in [0.29, 0.717) is 31.5 Å². The van der Waals surface area contributed by atoms with Gasteiger partial charge in [0.25, 0.3) is 5.91 Å². The van der Waals surface area contributed by atoms with E-state index in [4.69, 9.17) is 0 Å². The fraction of sp³-hybridized carbons (Fsp3) is 0.400. The molecular weight excluding hydrogens is 424 g/mol. The van der Waals surface area contributed by atoms with Crippen LogP contribution in [0.2, 0.25) is 0 Å². The average Bonchev–Trinajstić information content (AvgIpc) is 2.82. The number of nitrogens with zero attached hydrogens (tertiary/aromatic N) is 3. The Kier molecular flexibility index (Phi) is 8.26. The van der Waals surface area contributed by atoms with Gasteiger partial charge in [0.05, 0.1) is 12.0 Å². The number of hydrogen-bond donors (Lipinski definition) is 1. The third-order valence-corrected chi connectivity index (χ3v) is 6.23. The number of nitriles is 1. The molecule has 0 aliphatic carbocycles. The Labute approximate surface area is 195 Å². The van der Waals surface area contributed by atoms with Crippen LogP contribution in [0, 0.1) is 11.3 Å². The van der Waals surface area contributed by atoms with Crippen molar-refractivity contribution in [2.75, 3.05) is 38.0 Å². The molecule has 0 radical (unpaired) electrons. The number of benzene rings is 2. The Morgan fingerprint density at radius 2 is 1.81 bits per heavy atom. The first kappa shape index (κ1) is 23.8. The van der Waals surface area contributed by atoms with E-state index in [1.54, 1.807) is 0 Å². The van der Waals surface area contributed by atoms with E-state index < -0.39 is 0 Å². The largest absolute Gasteiger partial charge is 0.336 e. The van der Waals surface area contributed by atoms with Gasteiger partial charge in [0, 0.05) is 43.9 Å². The first-order valence-corrected chi connectivity index (χ1v) is 11.0. The van der Waals surface area contributed by atoms with Crippen molar-refractivity contribution in [1.82, 2.24) is 9.80 Å². The van der Waals surface area contributed by atoms with Gasteiger partial charge >= 0.3 is 0 Å². The van der Waals surface area contributed by atoms with Gasteiger partial charge < -0.3 is 10.2 Å². The highest BCUT2D eigenvalue weighted by Gasteiger charge is 2.24.